The number of fused-ring (bicyclic) bond motifs is 9. The van der Waals surface area contributed by atoms with Crippen LogP contribution in [0, 0.1) is 6.92 Å². The van der Waals surface area contributed by atoms with E-state index in [0.29, 0.717) is 5.92 Å². The molecule has 1 aliphatic carbocycles. The number of aromatic nitrogens is 3. The number of aryl methyl sites for hydroxylation is 1. The molecule has 350 valence electrons. The Morgan fingerprint density at radius 3 is 1.60 bits per heavy atom. The van der Waals surface area contributed by atoms with Crippen molar-refractivity contribution in [1.82, 2.24) is 14.1 Å². The van der Waals surface area contributed by atoms with Gasteiger partial charge in [-0.2, -0.15) is 0 Å². The molecule has 0 N–H and O–H groups in total. The van der Waals surface area contributed by atoms with Gasteiger partial charge < -0.3 is 14.0 Å². The van der Waals surface area contributed by atoms with E-state index in [1.807, 2.05) is 12.4 Å². The summed E-state index contributed by atoms with van der Waals surface area (Å²) in [6.07, 6.45) is 13.1. The van der Waals surface area contributed by atoms with Crippen LogP contribution in [0.3, 0.4) is 0 Å². The second kappa shape index (κ2) is 16.4. The van der Waals surface area contributed by atoms with E-state index in [1.54, 1.807) is 0 Å². The van der Waals surface area contributed by atoms with E-state index in [1.165, 1.54) is 82.8 Å². The predicted octanol–water partition coefficient (Wildman–Crippen LogP) is 17.9. The van der Waals surface area contributed by atoms with E-state index in [4.69, 9.17) is 4.98 Å². The number of hydrogen-bond donors (Lipinski definition) is 0. The van der Waals surface area contributed by atoms with Gasteiger partial charge in [-0.25, -0.2) is 0 Å². The lowest BCUT2D eigenvalue weighted by molar-refractivity contribution is 0.590. The first-order chi connectivity index (χ1) is 34.9. The number of benzene rings is 8. The maximum absolute atomic E-state index is 4.81. The number of pyridine rings is 1. The van der Waals surface area contributed by atoms with E-state index in [9.17, 15) is 0 Å². The van der Waals surface area contributed by atoms with Gasteiger partial charge in [0.1, 0.15) is 0 Å². The molecule has 4 heteroatoms. The van der Waals surface area contributed by atoms with Crippen molar-refractivity contribution in [2.45, 2.75) is 71.3 Å². The molecule has 8 aromatic carbocycles. The van der Waals surface area contributed by atoms with Crippen LogP contribution in [0.1, 0.15) is 69.7 Å². The summed E-state index contributed by atoms with van der Waals surface area (Å²) in [6, 6.07) is 66.3. The van der Waals surface area contributed by atoms with Gasteiger partial charge in [0.2, 0.25) is 0 Å². The summed E-state index contributed by atoms with van der Waals surface area (Å²) in [5.74, 6) is 0.292. The first-order valence-corrected chi connectivity index (χ1v) is 25.5. The molecule has 0 fully saturated rings. The zero-order valence-electron chi connectivity index (χ0n) is 42.2. The molecular weight excluding hydrogens is 873 g/mol. The summed E-state index contributed by atoms with van der Waals surface area (Å²) in [7, 11) is 0. The molecule has 0 saturated heterocycles. The van der Waals surface area contributed by atoms with Crippen LogP contribution in [-0.4, -0.2) is 20.2 Å². The Hall–Kier alpha value is -8.21. The zero-order chi connectivity index (χ0) is 49.0. The van der Waals surface area contributed by atoms with Gasteiger partial charge in [-0.05, 0) is 142 Å². The number of allylic oxidation sites excluding steroid dienone is 2. The van der Waals surface area contributed by atoms with E-state index in [2.05, 4.69) is 263 Å². The molecular formula is C68H58N4. The molecule has 2 aliphatic rings. The number of para-hydroxylation sites is 2. The van der Waals surface area contributed by atoms with Crippen molar-refractivity contribution in [2.24, 2.45) is 0 Å². The first kappa shape index (κ1) is 43.8. The van der Waals surface area contributed by atoms with Crippen molar-refractivity contribution in [1.29, 1.82) is 0 Å². The van der Waals surface area contributed by atoms with Gasteiger partial charge in [-0.15, -0.1) is 0 Å². The molecule has 4 heterocycles. The summed E-state index contributed by atoms with van der Waals surface area (Å²) in [5.41, 5.74) is 21.8. The van der Waals surface area contributed by atoms with Gasteiger partial charge in [0.15, 0.2) is 0 Å². The zero-order valence-corrected chi connectivity index (χ0v) is 42.2. The topological polar surface area (TPSA) is 26.0 Å². The van der Waals surface area contributed by atoms with Crippen molar-refractivity contribution < 1.29 is 0 Å². The maximum Gasteiger partial charge on any atom is 0.0629 e. The highest BCUT2D eigenvalue weighted by Crippen LogP contribution is 2.49. The van der Waals surface area contributed by atoms with Crippen molar-refractivity contribution in [2.75, 3.05) is 4.90 Å². The molecule has 0 radical (unpaired) electrons. The minimum atomic E-state index is 0.0533. The first-order valence-electron chi connectivity index (χ1n) is 25.5. The van der Waals surface area contributed by atoms with Crippen LogP contribution in [0.25, 0.3) is 88.4 Å². The summed E-state index contributed by atoms with van der Waals surface area (Å²) in [4.78, 5) is 7.36. The quantitative estimate of drug-likeness (QED) is 0.166. The number of rotatable bonds is 6. The van der Waals surface area contributed by atoms with E-state index < -0.39 is 0 Å². The summed E-state index contributed by atoms with van der Waals surface area (Å²) in [6.45, 7) is 16.0. The lowest BCUT2D eigenvalue weighted by atomic mass is 9.85. The van der Waals surface area contributed by atoms with Gasteiger partial charge >= 0.3 is 0 Å². The maximum atomic E-state index is 4.81. The Morgan fingerprint density at radius 2 is 0.931 bits per heavy atom. The molecule has 0 bridgehead atoms. The van der Waals surface area contributed by atoms with Gasteiger partial charge in [0, 0.05) is 73.7 Å². The third kappa shape index (κ3) is 7.22. The second-order valence-corrected chi connectivity index (χ2v) is 22.2. The average molecular weight is 931 g/mol. The molecule has 0 amide bonds. The fraction of sp³-hybridized carbons (Fsp3) is 0.162. The van der Waals surface area contributed by atoms with Gasteiger partial charge in [-0.1, -0.05) is 162 Å². The molecule has 3 aromatic heterocycles. The van der Waals surface area contributed by atoms with Gasteiger partial charge in [0.25, 0.3) is 0 Å². The smallest absolute Gasteiger partial charge is 0.0629 e. The standard InChI is InChI=1S/C68H58N4/c1-43-20-31-64-58(34-43)57-16-10-13-19-63(57)72(64)54-37-47(36-53(40-54)71-61-17-11-8-14-55(61)56-15-9-12-18-62(56)71)44-21-23-45(24-22-44)48-35-49(42-69-41-48)46-25-29-52(30-26-46)70-65-32-27-50(67(2,3)4)38-59(65)60-39-51(68(5,6)7)28-33-66(60)70/h8-42,55,61H,1-7H3. The molecule has 11 aromatic rings. The summed E-state index contributed by atoms with van der Waals surface area (Å²) >= 11 is 0. The Morgan fingerprint density at radius 1 is 0.403 bits per heavy atom. The predicted molar refractivity (Wildman–Crippen MR) is 305 cm³/mol. The van der Waals surface area contributed by atoms with Crippen LogP contribution in [-0.2, 0) is 10.8 Å². The fourth-order valence-corrected chi connectivity index (χ4v) is 11.6. The van der Waals surface area contributed by atoms with Crippen molar-refractivity contribution in [3.63, 3.8) is 0 Å². The highest BCUT2D eigenvalue weighted by Gasteiger charge is 2.37. The number of anilines is 2. The monoisotopic (exact) mass is 930 g/mol. The molecule has 13 rings (SSSR count). The fourth-order valence-electron chi connectivity index (χ4n) is 11.6. The van der Waals surface area contributed by atoms with E-state index in [-0.39, 0.29) is 16.9 Å². The van der Waals surface area contributed by atoms with Crippen LogP contribution in [0.2, 0.25) is 0 Å². The van der Waals surface area contributed by atoms with Crippen molar-refractivity contribution in [3.8, 4) is 44.8 Å². The summed E-state index contributed by atoms with van der Waals surface area (Å²) in [5, 5.41) is 5.13. The molecule has 2 unspecified atom stereocenters. The van der Waals surface area contributed by atoms with Gasteiger partial charge in [0.05, 0.1) is 28.1 Å². The third-order valence-electron chi connectivity index (χ3n) is 15.5. The van der Waals surface area contributed by atoms with E-state index in [0.717, 1.165) is 39.2 Å². The highest BCUT2D eigenvalue weighted by molar-refractivity contribution is 6.11. The Labute approximate surface area is 422 Å². The minimum absolute atomic E-state index is 0.0533. The lowest BCUT2D eigenvalue weighted by Gasteiger charge is -2.30. The van der Waals surface area contributed by atoms with Crippen molar-refractivity contribution >= 4 is 55.0 Å². The van der Waals surface area contributed by atoms with Crippen molar-refractivity contribution in [3.05, 3.63) is 235 Å². The lowest BCUT2D eigenvalue weighted by Crippen LogP contribution is -2.28. The Balaban J connectivity index is 0.868. The van der Waals surface area contributed by atoms with Gasteiger partial charge in [-0.3, -0.25) is 4.98 Å². The van der Waals surface area contributed by atoms with Crippen LogP contribution in [0.4, 0.5) is 11.4 Å². The molecule has 1 aliphatic heterocycles. The Kier molecular flexibility index (Phi) is 9.99. The van der Waals surface area contributed by atoms with E-state index >= 15 is 0 Å². The molecule has 4 nitrogen and oxygen atoms in total. The average Bonchev–Trinajstić information content (AvgIpc) is 4.03. The second-order valence-electron chi connectivity index (χ2n) is 22.2. The van der Waals surface area contributed by atoms with Crippen LogP contribution >= 0.6 is 0 Å². The minimum Gasteiger partial charge on any atom is -0.333 e. The third-order valence-corrected chi connectivity index (χ3v) is 15.5. The van der Waals surface area contributed by atoms with Crippen LogP contribution < -0.4 is 4.90 Å². The molecule has 0 saturated carbocycles. The Bertz CT molecular complexity index is 3940. The normalized spacial score (nSPS) is 15.6. The highest BCUT2D eigenvalue weighted by atomic mass is 15.2. The van der Waals surface area contributed by atoms with Crippen LogP contribution in [0.15, 0.2) is 213 Å². The van der Waals surface area contributed by atoms with Crippen LogP contribution in [0.5, 0.6) is 0 Å². The molecule has 0 spiro atoms. The largest absolute Gasteiger partial charge is 0.333 e. The number of nitrogens with zero attached hydrogens (tertiary/aromatic N) is 4. The SMILES string of the molecule is Cc1ccc2c(c1)c1ccccc1n2-c1cc(-c2ccc(-c3cncc(-c4ccc(-n5c6ccc(C(C)(C)C)cc6c6cc(C(C)(C)C)ccc65)cc4)c3)cc2)cc(N2c3ccccc3C3C=CC=CC32)c1. The molecule has 2 atom stereocenters. The molecule has 72 heavy (non-hydrogen) atoms. The number of hydrogen-bond acceptors (Lipinski definition) is 2. The summed E-state index contributed by atoms with van der Waals surface area (Å²) < 4.78 is 4.89.